The molecule has 1 amide bonds. The quantitative estimate of drug-likeness (QED) is 0.848. The van der Waals surface area contributed by atoms with Crippen molar-refractivity contribution in [2.24, 2.45) is 0 Å². The van der Waals surface area contributed by atoms with Gasteiger partial charge in [-0.25, -0.2) is 0 Å². The van der Waals surface area contributed by atoms with Gasteiger partial charge in [0.1, 0.15) is 5.75 Å². The van der Waals surface area contributed by atoms with Crippen molar-refractivity contribution in [3.8, 4) is 11.8 Å². The van der Waals surface area contributed by atoms with E-state index in [1.54, 1.807) is 31.3 Å². The SMILES string of the molecule is CN(C(=O)C1Cc2ccccc2O1)c1cccc(C#N)c1. The number of para-hydroxylation sites is 1. The molecule has 1 aliphatic rings. The van der Waals surface area contributed by atoms with Gasteiger partial charge in [0.15, 0.2) is 6.10 Å². The van der Waals surface area contributed by atoms with Crippen LogP contribution in [0.25, 0.3) is 0 Å². The maximum absolute atomic E-state index is 12.5. The Bertz CT molecular complexity index is 709. The van der Waals surface area contributed by atoms with E-state index in [1.165, 1.54) is 4.90 Å². The number of anilines is 1. The van der Waals surface area contributed by atoms with Crippen LogP contribution in [-0.4, -0.2) is 19.1 Å². The Labute approximate surface area is 123 Å². The van der Waals surface area contributed by atoms with Gasteiger partial charge in [-0.2, -0.15) is 5.26 Å². The highest BCUT2D eigenvalue weighted by Crippen LogP contribution is 2.29. The number of ether oxygens (including phenoxy) is 1. The lowest BCUT2D eigenvalue weighted by Gasteiger charge is -2.21. The lowest BCUT2D eigenvalue weighted by molar-refractivity contribution is -0.124. The molecule has 2 aromatic carbocycles. The molecule has 1 unspecified atom stereocenters. The predicted molar refractivity (Wildman–Crippen MR) is 79.1 cm³/mol. The van der Waals surface area contributed by atoms with Gasteiger partial charge in [-0.3, -0.25) is 4.79 Å². The van der Waals surface area contributed by atoms with E-state index in [1.807, 2.05) is 24.3 Å². The van der Waals surface area contributed by atoms with Gasteiger partial charge in [-0.05, 0) is 29.8 Å². The second kappa shape index (κ2) is 5.29. The highest BCUT2D eigenvalue weighted by Gasteiger charge is 2.31. The van der Waals surface area contributed by atoms with E-state index < -0.39 is 6.10 Å². The van der Waals surface area contributed by atoms with E-state index in [0.29, 0.717) is 17.7 Å². The van der Waals surface area contributed by atoms with Crippen LogP contribution in [0.1, 0.15) is 11.1 Å². The fourth-order valence-electron chi connectivity index (χ4n) is 2.45. The zero-order chi connectivity index (χ0) is 14.8. The molecule has 104 valence electrons. The fraction of sp³-hybridized carbons (Fsp3) is 0.176. The van der Waals surface area contributed by atoms with Crippen LogP contribution in [0.3, 0.4) is 0 Å². The number of hydrogen-bond acceptors (Lipinski definition) is 3. The van der Waals surface area contributed by atoms with Crippen LogP contribution >= 0.6 is 0 Å². The number of amides is 1. The Morgan fingerprint density at radius 3 is 2.86 bits per heavy atom. The minimum Gasteiger partial charge on any atom is -0.480 e. The molecule has 0 bridgehead atoms. The number of nitriles is 1. The second-order valence-electron chi connectivity index (χ2n) is 4.98. The fourth-order valence-corrected chi connectivity index (χ4v) is 2.45. The smallest absolute Gasteiger partial charge is 0.268 e. The third kappa shape index (κ3) is 2.46. The molecule has 4 nitrogen and oxygen atoms in total. The molecule has 0 radical (unpaired) electrons. The van der Waals surface area contributed by atoms with Crippen molar-refractivity contribution in [2.45, 2.75) is 12.5 Å². The highest BCUT2D eigenvalue weighted by atomic mass is 16.5. The van der Waals surface area contributed by atoms with Crippen molar-refractivity contribution in [2.75, 3.05) is 11.9 Å². The van der Waals surface area contributed by atoms with Crippen molar-refractivity contribution in [3.05, 3.63) is 59.7 Å². The summed E-state index contributed by atoms with van der Waals surface area (Å²) >= 11 is 0. The van der Waals surface area contributed by atoms with Crippen molar-refractivity contribution < 1.29 is 9.53 Å². The first-order valence-corrected chi connectivity index (χ1v) is 6.71. The number of benzene rings is 2. The zero-order valence-electron chi connectivity index (χ0n) is 11.6. The number of nitrogens with zero attached hydrogens (tertiary/aromatic N) is 2. The minimum atomic E-state index is -0.502. The van der Waals surface area contributed by atoms with Crippen LogP contribution in [0.5, 0.6) is 5.75 Å². The van der Waals surface area contributed by atoms with Crippen LogP contribution in [0.4, 0.5) is 5.69 Å². The maximum Gasteiger partial charge on any atom is 0.268 e. The Kier molecular flexibility index (Phi) is 3.33. The van der Waals surface area contributed by atoms with Crippen molar-refractivity contribution in [1.29, 1.82) is 5.26 Å². The molecule has 3 rings (SSSR count). The van der Waals surface area contributed by atoms with Gasteiger partial charge in [0.2, 0.25) is 0 Å². The summed E-state index contributed by atoms with van der Waals surface area (Å²) in [5.41, 5.74) is 2.27. The molecule has 1 heterocycles. The summed E-state index contributed by atoms with van der Waals surface area (Å²) in [6.07, 6.45) is 0.0789. The van der Waals surface area contributed by atoms with E-state index >= 15 is 0 Å². The molecule has 4 heteroatoms. The monoisotopic (exact) mass is 278 g/mol. The summed E-state index contributed by atoms with van der Waals surface area (Å²) in [5, 5.41) is 8.93. The molecule has 1 atom stereocenters. The third-order valence-corrected chi connectivity index (χ3v) is 3.62. The molecule has 2 aromatic rings. The second-order valence-corrected chi connectivity index (χ2v) is 4.98. The van der Waals surface area contributed by atoms with Gasteiger partial charge >= 0.3 is 0 Å². The van der Waals surface area contributed by atoms with Crippen molar-refractivity contribution >= 4 is 11.6 Å². The topological polar surface area (TPSA) is 53.3 Å². The van der Waals surface area contributed by atoms with Crippen molar-refractivity contribution in [1.82, 2.24) is 0 Å². The average molecular weight is 278 g/mol. The molecular formula is C17H14N2O2. The molecule has 0 N–H and O–H groups in total. The summed E-state index contributed by atoms with van der Waals surface area (Å²) in [4.78, 5) is 14.1. The zero-order valence-corrected chi connectivity index (χ0v) is 11.6. The molecule has 21 heavy (non-hydrogen) atoms. The normalized spacial score (nSPS) is 15.7. The van der Waals surface area contributed by atoms with Gasteiger partial charge in [-0.15, -0.1) is 0 Å². The third-order valence-electron chi connectivity index (χ3n) is 3.62. The van der Waals surface area contributed by atoms with Gasteiger partial charge in [0.05, 0.1) is 11.6 Å². The number of carbonyl (C=O) groups is 1. The summed E-state index contributed by atoms with van der Waals surface area (Å²) in [5.74, 6) is 0.663. The number of likely N-dealkylation sites (N-methyl/N-ethyl adjacent to an activating group) is 1. The van der Waals surface area contributed by atoms with Gasteiger partial charge < -0.3 is 9.64 Å². The molecule has 0 spiro atoms. The predicted octanol–water partition coefficient (Wildman–Crippen LogP) is 2.52. The van der Waals surface area contributed by atoms with E-state index in [2.05, 4.69) is 6.07 Å². The first-order chi connectivity index (χ1) is 10.2. The Balaban J connectivity index is 1.79. The summed E-state index contributed by atoms with van der Waals surface area (Å²) in [7, 11) is 1.70. The minimum absolute atomic E-state index is 0.110. The largest absolute Gasteiger partial charge is 0.480 e. The van der Waals surface area contributed by atoms with E-state index in [-0.39, 0.29) is 5.91 Å². The number of carbonyl (C=O) groups excluding carboxylic acids is 1. The first-order valence-electron chi connectivity index (χ1n) is 6.71. The van der Waals surface area contributed by atoms with Gasteiger partial charge in [0.25, 0.3) is 5.91 Å². The Morgan fingerprint density at radius 2 is 2.10 bits per heavy atom. The van der Waals surface area contributed by atoms with E-state index in [4.69, 9.17) is 10.00 Å². The number of rotatable bonds is 2. The standard InChI is InChI=1S/C17H14N2O2/c1-19(14-7-4-5-12(9-14)11-18)17(20)16-10-13-6-2-3-8-15(13)21-16/h2-9,16H,10H2,1H3. The van der Waals surface area contributed by atoms with E-state index in [0.717, 1.165) is 11.3 Å². The maximum atomic E-state index is 12.5. The molecule has 0 aliphatic carbocycles. The van der Waals surface area contributed by atoms with Crippen LogP contribution < -0.4 is 9.64 Å². The Morgan fingerprint density at radius 1 is 1.29 bits per heavy atom. The Hall–Kier alpha value is -2.80. The highest BCUT2D eigenvalue weighted by molar-refractivity contribution is 5.97. The summed E-state index contributed by atoms with van der Waals surface area (Å²) < 4.78 is 5.71. The van der Waals surface area contributed by atoms with Crippen LogP contribution in [-0.2, 0) is 11.2 Å². The lowest BCUT2D eigenvalue weighted by atomic mass is 10.1. The molecule has 0 saturated heterocycles. The molecule has 1 aliphatic heterocycles. The molecule has 0 aromatic heterocycles. The molecule has 0 saturated carbocycles. The van der Waals surface area contributed by atoms with Crippen LogP contribution in [0.2, 0.25) is 0 Å². The first kappa shape index (κ1) is 13.2. The lowest BCUT2D eigenvalue weighted by Crippen LogP contribution is -2.39. The number of fused-ring (bicyclic) bond motifs is 1. The van der Waals surface area contributed by atoms with Crippen LogP contribution in [0, 0.1) is 11.3 Å². The average Bonchev–Trinajstić information content (AvgIpc) is 2.97. The molecular weight excluding hydrogens is 264 g/mol. The molecule has 0 fully saturated rings. The van der Waals surface area contributed by atoms with Crippen molar-refractivity contribution in [3.63, 3.8) is 0 Å². The van der Waals surface area contributed by atoms with Gasteiger partial charge in [-0.1, -0.05) is 24.3 Å². The van der Waals surface area contributed by atoms with E-state index in [9.17, 15) is 4.79 Å². The number of hydrogen-bond donors (Lipinski definition) is 0. The summed E-state index contributed by atoms with van der Waals surface area (Å²) in [6.45, 7) is 0. The summed E-state index contributed by atoms with van der Waals surface area (Å²) in [6, 6.07) is 16.7. The van der Waals surface area contributed by atoms with Gasteiger partial charge in [0, 0.05) is 19.2 Å². The van der Waals surface area contributed by atoms with Crippen LogP contribution in [0.15, 0.2) is 48.5 Å².